The number of nitrogens with zero attached hydrogens (tertiary/aromatic N) is 2. The van der Waals surface area contributed by atoms with Crippen LogP contribution in [0.25, 0.3) is 0 Å². The van der Waals surface area contributed by atoms with Gasteiger partial charge in [-0.15, -0.1) is 12.4 Å². The van der Waals surface area contributed by atoms with Crippen LogP contribution >= 0.6 is 12.4 Å². The number of nitrogens with one attached hydrogen (secondary N) is 1. The molecule has 1 fully saturated rings. The van der Waals surface area contributed by atoms with Crippen LogP contribution in [0.15, 0.2) is 0 Å². The average Bonchev–Trinajstić information content (AvgIpc) is 2.38. The number of hydrogen-bond donors (Lipinski definition) is 2. The van der Waals surface area contributed by atoms with Crippen LogP contribution < -0.4 is 11.1 Å². The number of carbonyl (C=O) groups is 2. The molecule has 0 spiro atoms. The second-order valence-corrected chi connectivity index (χ2v) is 5.72. The monoisotopic (exact) mass is 320 g/mol. The highest BCUT2D eigenvalue weighted by molar-refractivity contribution is 5.85. The summed E-state index contributed by atoms with van der Waals surface area (Å²) < 4.78 is 0. The number of nitrogens with two attached hydrogens (primary N) is 1. The summed E-state index contributed by atoms with van der Waals surface area (Å²) in [7, 11) is 0. The van der Waals surface area contributed by atoms with E-state index in [4.69, 9.17) is 5.73 Å². The zero-order valence-electron chi connectivity index (χ0n) is 13.3. The lowest BCUT2D eigenvalue weighted by Gasteiger charge is -2.35. The van der Waals surface area contributed by atoms with E-state index in [1.807, 2.05) is 25.7 Å². The molecule has 1 atom stereocenters. The first-order chi connectivity index (χ1) is 9.43. The van der Waals surface area contributed by atoms with Crippen LogP contribution in [0.3, 0.4) is 0 Å². The molecule has 0 bridgehead atoms. The first-order valence-electron chi connectivity index (χ1n) is 7.50. The van der Waals surface area contributed by atoms with Gasteiger partial charge in [0.25, 0.3) is 0 Å². The van der Waals surface area contributed by atoms with Crippen molar-refractivity contribution in [3.05, 3.63) is 0 Å². The first kappa shape index (κ1) is 20.1. The summed E-state index contributed by atoms with van der Waals surface area (Å²) in [5, 5.41) is 2.88. The molecule has 3 N–H and O–H groups in total. The number of rotatable bonds is 6. The van der Waals surface area contributed by atoms with Gasteiger partial charge in [0, 0.05) is 32.2 Å². The molecule has 0 aromatic rings. The maximum atomic E-state index is 12.1. The van der Waals surface area contributed by atoms with Crippen molar-refractivity contribution >= 4 is 24.2 Å². The van der Waals surface area contributed by atoms with E-state index >= 15 is 0 Å². The third-order valence-corrected chi connectivity index (χ3v) is 3.42. The molecule has 0 aromatic carbocycles. The summed E-state index contributed by atoms with van der Waals surface area (Å²) >= 11 is 0. The Morgan fingerprint density at radius 3 is 2.24 bits per heavy atom. The van der Waals surface area contributed by atoms with Crippen molar-refractivity contribution in [2.45, 2.75) is 45.7 Å². The molecule has 7 heteroatoms. The van der Waals surface area contributed by atoms with Crippen molar-refractivity contribution in [3.8, 4) is 0 Å². The van der Waals surface area contributed by atoms with Gasteiger partial charge in [-0.25, -0.2) is 0 Å². The quantitative estimate of drug-likeness (QED) is 0.733. The van der Waals surface area contributed by atoms with E-state index in [1.165, 1.54) is 0 Å². The fourth-order valence-corrected chi connectivity index (χ4v) is 2.37. The van der Waals surface area contributed by atoms with Crippen molar-refractivity contribution in [1.82, 2.24) is 15.1 Å². The molecule has 1 unspecified atom stereocenters. The molecular formula is C14H29ClN4O2. The Kier molecular flexibility index (Phi) is 9.57. The van der Waals surface area contributed by atoms with E-state index in [0.29, 0.717) is 19.6 Å². The molecular weight excluding hydrogens is 292 g/mol. The minimum atomic E-state index is -0.379. The van der Waals surface area contributed by atoms with Gasteiger partial charge < -0.3 is 16.0 Å². The average molecular weight is 321 g/mol. The molecule has 1 heterocycles. The second kappa shape index (κ2) is 9.97. The molecule has 2 amide bonds. The zero-order valence-corrected chi connectivity index (χ0v) is 14.1. The lowest BCUT2D eigenvalue weighted by Crippen LogP contribution is -2.54. The van der Waals surface area contributed by atoms with Crippen LogP contribution in [0.1, 0.15) is 33.6 Å². The largest absolute Gasteiger partial charge is 0.353 e. The third kappa shape index (κ3) is 7.11. The van der Waals surface area contributed by atoms with Crippen LogP contribution in [0, 0.1) is 0 Å². The summed E-state index contributed by atoms with van der Waals surface area (Å²) in [5.41, 5.74) is 5.86. The molecule has 1 saturated heterocycles. The Bertz CT molecular complexity index is 331. The highest BCUT2D eigenvalue weighted by atomic mass is 35.5. The Morgan fingerprint density at radius 2 is 1.76 bits per heavy atom. The number of amides is 2. The highest BCUT2D eigenvalue weighted by Gasteiger charge is 2.25. The molecule has 0 aromatic heterocycles. The van der Waals surface area contributed by atoms with Gasteiger partial charge in [0.15, 0.2) is 0 Å². The second-order valence-electron chi connectivity index (χ2n) is 5.72. The van der Waals surface area contributed by atoms with Gasteiger partial charge in [0.2, 0.25) is 11.8 Å². The lowest BCUT2D eigenvalue weighted by molar-refractivity contribution is -0.134. The number of piperazine rings is 1. The highest BCUT2D eigenvalue weighted by Crippen LogP contribution is 2.05. The summed E-state index contributed by atoms with van der Waals surface area (Å²) in [6, 6.07) is -0.215. The van der Waals surface area contributed by atoms with Crippen molar-refractivity contribution in [2.75, 3.05) is 32.7 Å². The zero-order chi connectivity index (χ0) is 15.1. The molecule has 0 aliphatic carbocycles. The molecule has 1 aliphatic heterocycles. The minimum absolute atomic E-state index is 0. The van der Waals surface area contributed by atoms with E-state index < -0.39 is 0 Å². The fraction of sp³-hybridized carbons (Fsp3) is 0.857. The standard InChI is InChI=1S/C14H28N4O2.ClH/c1-4-5-12(15)14(20)18-8-6-17(7-9-18)10-13(19)16-11(2)3;/h11-12H,4-10,15H2,1-3H3,(H,16,19);1H. The van der Waals surface area contributed by atoms with Gasteiger partial charge in [0.1, 0.15) is 0 Å². The molecule has 1 rings (SSSR count). The summed E-state index contributed by atoms with van der Waals surface area (Å²) in [6.45, 7) is 9.11. The normalized spacial score (nSPS) is 17.3. The summed E-state index contributed by atoms with van der Waals surface area (Å²) in [6.07, 6.45) is 1.65. The van der Waals surface area contributed by atoms with Gasteiger partial charge in [-0.2, -0.15) is 0 Å². The predicted molar refractivity (Wildman–Crippen MR) is 86.4 cm³/mol. The first-order valence-corrected chi connectivity index (χ1v) is 7.50. The van der Waals surface area contributed by atoms with Crippen molar-refractivity contribution < 1.29 is 9.59 Å². The van der Waals surface area contributed by atoms with Gasteiger partial charge >= 0.3 is 0 Å². The fourth-order valence-electron chi connectivity index (χ4n) is 2.37. The van der Waals surface area contributed by atoms with Crippen LogP contribution in [-0.4, -0.2) is 66.4 Å². The van der Waals surface area contributed by atoms with E-state index in [9.17, 15) is 9.59 Å². The van der Waals surface area contributed by atoms with Crippen molar-refractivity contribution in [1.29, 1.82) is 0 Å². The molecule has 0 radical (unpaired) electrons. The van der Waals surface area contributed by atoms with Gasteiger partial charge in [-0.1, -0.05) is 13.3 Å². The summed E-state index contributed by atoms with van der Waals surface area (Å²) in [4.78, 5) is 27.6. The maximum absolute atomic E-state index is 12.1. The number of hydrogen-bond acceptors (Lipinski definition) is 4. The van der Waals surface area contributed by atoms with E-state index in [0.717, 1.165) is 25.9 Å². The molecule has 124 valence electrons. The molecule has 21 heavy (non-hydrogen) atoms. The number of carbonyl (C=O) groups excluding carboxylic acids is 2. The van der Waals surface area contributed by atoms with Gasteiger partial charge in [-0.3, -0.25) is 14.5 Å². The Hall–Kier alpha value is -0.850. The Labute approximate surface area is 133 Å². The van der Waals surface area contributed by atoms with Crippen LogP contribution in [0.2, 0.25) is 0 Å². The van der Waals surface area contributed by atoms with Crippen molar-refractivity contribution in [3.63, 3.8) is 0 Å². The van der Waals surface area contributed by atoms with E-state index in [1.54, 1.807) is 0 Å². The van der Waals surface area contributed by atoms with E-state index in [2.05, 4.69) is 10.2 Å². The Morgan fingerprint density at radius 1 is 1.19 bits per heavy atom. The molecule has 6 nitrogen and oxygen atoms in total. The maximum Gasteiger partial charge on any atom is 0.239 e. The third-order valence-electron chi connectivity index (χ3n) is 3.42. The number of halogens is 1. The topological polar surface area (TPSA) is 78.7 Å². The predicted octanol–water partition coefficient (Wildman–Crippen LogP) is 0.204. The smallest absolute Gasteiger partial charge is 0.239 e. The van der Waals surface area contributed by atoms with E-state index in [-0.39, 0.29) is 36.3 Å². The lowest BCUT2D eigenvalue weighted by atomic mass is 10.1. The van der Waals surface area contributed by atoms with Crippen LogP contribution in [0.5, 0.6) is 0 Å². The Balaban J connectivity index is 0.00000400. The molecule has 0 saturated carbocycles. The van der Waals surface area contributed by atoms with Crippen LogP contribution in [0.4, 0.5) is 0 Å². The minimum Gasteiger partial charge on any atom is -0.353 e. The SMILES string of the molecule is CCCC(N)C(=O)N1CCN(CC(=O)NC(C)C)CC1.Cl. The summed E-state index contributed by atoms with van der Waals surface area (Å²) in [5.74, 6) is 0.0839. The van der Waals surface area contributed by atoms with Gasteiger partial charge in [0.05, 0.1) is 12.6 Å². The molecule has 1 aliphatic rings. The van der Waals surface area contributed by atoms with Crippen LogP contribution in [-0.2, 0) is 9.59 Å². The van der Waals surface area contributed by atoms with Crippen molar-refractivity contribution in [2.24, 2.45) is 5.73 Å². The van der Waals surface area contributed by atoms with Gasteiger partial charge in [-0.05, 0) is 20.3 Å².